The van der Waals surface area contributed by atoms with Crippen LogP contribution in [-0.2, 0) is 0 Å². The van der Waals surface area contributed by atoms with Gasteiger partial charge in [-0.1, -0.05) is 97.1 Å². The monoisotopic (exact) mass is 542 g/mol. The summed E-state index contributed by atoms with van der Waals surface area (Å²) in [6.45, 7) is 0. The number of nitrogens with zero attached hydrogens (tertiary/aromatic N) is 6. The Hall–Kier alpha value is -5.95. The van der Waals surface area contributed by atoms with Crippen molar-refractivity contribution in [2.75, 3.05) is 0 Å². The van der Waals surface area contributed by atoms with Crippen LogP contribution in [0.3, 0.4) is 0 Å². The Morgan fingerprint density at radius 1 is 0.452 bits per heavy atom. The van der Waals surface area contributed by atoms with E-state index in [1.165, 1.54) is 0 Å². The van der Waals surface area contributed by atoms with Gasteiger partial charge in [0.2, 0.25) is 5.78 Å². The summed E-state index contributed by atoms with van der Waals surface area (Å²) in [5.41, 5.74) is 5.93. The average Bonchev–Trinajstić information content (AvgIpc) is 3.39. The lowest BCUT2D eigenvalue weighted by Gasteiger charge is -2.11. The third kappa shape index (κ3) is 3.87. The fourth-order valence-electron chi connectivity index (χ4n) is 5.47. The fraction of sp³-hybridized carbons (Fsp3) is 0. The van der Waals surface area contributed by atoms with Gasteiger partial charge in [-0.25, -0.2) is 15.0 Å². The average molecular weight is 543 g/mol. The number of para-hydroxylation sites is 3. The van der Waals surface area contributed by atoms with Crippen molar-refractivity contribution in [3.05, 3.63) is 144 Å². The molecule has 0 atom stereocenters. The summed E-state index contributed by atoms with van der Waals surface area (Å²) in [6, 6.07) is 43.5. The second-order valence-corrected chi connectivity index (χ2v) is 9.98. The van der Waals surface area contributed by atoms with E-state index in [2.05, 4.69) is 4.98 Å². The second-order valence-electron chi connectivity index (χ2n) is 9.98. The molecule has 0 unspecified atom stereocenters. The molecular weight excluding hydrogens is 520 g/mol. The Kier molecular flexibility index (Phi) is 5.46. The van der Waals surface area contributed by atoms with Gasteiger partial charge in [-0.15, -0.1) is 0 Å². The zero-order valence-corrected chi connectivity index (χ0v) is 22.3. The van der Waals surface area contributed by atoms with E-state index < -0.39 is 0 Å². The molecule has 7 heteroatoms. The molecule has 0 radical (unpaired) electrons. The molecule has 0 spiro atoms. The molecule has 0 N–H and O–H groups in total. The smallest absolute Gasteiger partial charge is 0.278 e. The molecule has 7 nitrogen and oxygen atoms in total. The van der Waals surface area contributed by atoms with Gasteiger partial charge in [-0.05, 0) is 36.4 Å². The maximum atomic E-state index is 13.1. The predicted octanol–water partition coefficient (Wildman–Crippen LogP) is 6.98. The topological polar surface area (TPSA) is 78.0 Å². The van der Waals surface area contributed by atoms with Crippen LogP contribution in [0.15, 0.2) is 138 Å². The normalized spacial score (nSPS) is 11.4. The highest BCUT2D eigenvalue weighted by Crippen LogP contribution is 2.30. The van der Waals surface area contributed by atoms with E-state index in [1.54, 1.807) is 0 Å². The highest BCUT2D eigenvalue weighted by Gasteiger charge is 2.18. The Balaban J connectivity index is 1.37. The third-order valence-corrected chi connectivity index (χ3v) is 7.40. The number of fused-ring (bicyclic) bond motifs is 5. The van der Waals surface area contributed by atoms with Crippen LogP contribution in [0.5, 0.6) is 0 Å². The van der Waals surface area contributed by atoms with Gasteiger partial charge in [0.25, 0.3) is 5.56 Å². The lowest BCUT2D eigenvalue weighted by molar-refractivity contribution is 1.05. The van der Waals surface area contributed by atoms with E-state index >= 15 is 0 Å². The molecule has 42 heavy (non-hydrogen) atoms. The number of hydrogen-bond donors (Lipinski definition) is 0. The summed E-state index contributed by atoms with van der Waals surface area (Å²) in [5.74, 6) is 2.30. The van der Waals surface area contributed by atoms with E-state index in [4.69, 9.17) is 15.0 Å². The second kappa shape index (κ2) is 9.60. The van der Waals surface area contributed by atoms with E-state index in [0.717, 1.165) is 38.9 Å². The molecule has 0 aliphatic rings. The van der Waals surface area contributed by atoms with Crippen LogP contribution >= 0.6 is 0 Å². The Morgan fingerprint density at radius 3 is 1.64 bits per heavy atom. The molecule has 3 aromatic heterocycles. The van der Waals surface area contributed by atoms with Crippen molar-refractivity contribution in [3.8, 4) is 39.9 Å². The van der Waals surface area contributed by atoms with Gasteiger partial charge >= 0.3 is 0 Å². The van der Waals surface area contributed by atoms with Crippen molar-refractivity contribution >= 4 is 27.7 Å². The molecule has 0 fully saturated rings. The van der Waals surface area contributed by atoms with E-state index in [1.807, 2.05) is 142 Å². The highest BCUT2D eigenvalue weighted by molar-refractivity contribution is 5.91. The Bertz CT molecular complexity index is 2270. The van der Waals surface area contributed by atoms with Crippen molar-refractivity contribution in [3.63, 3.8) is 0 Å². The number of aromatic nitrogens is 6. The standard InChI is InChI=1S/C35H22N6O/c42-34-27-18-7-8-19-28(27)41-30-21-10-9-20-29(30)40(35(41)39-34)26-17-11-16-25(22-26)33-37-31(23-12-3-1-4-13-23)36-32(38-33)24-14-5-2-6-15-24/h1-22H. The van der Waals surface area contributed by atoms with E-state index in [0.29, 0.717) is 28.6 Å². The lowest BCUT2D eigenvalue weighted by Crippen LogP contribution is -2.11. The quantitative estimate of drug-likeness (QED) is 0.240. The zero-order valence-electron chi connectivity index (χ0n) is 22.3. The predicted molar refractivity (Wildman–Crippen MR) is 165 cm³/mol. The first kappa shape index (κ1) is 23.9. The molecule has 8 aromatic rings. The molecule has 0 aliphatic heterocycles. The first-order valence-electron chi connectivity index (χ1n) is 13.6. The van der Waals surface area contributed by atoms with Crippen LogP contribution < -0.4 is 5.56 Å². The SMILES string of the molecule is O=c1nc2n(-c3cccc(-c4nc(-c5ccccc5)nc(-c5ccccc5)n4)c3)c3ccccc3n2c2ccccc12. The Morgan fingerprint density at radius 2 is 0.976 bits per heavy atom. The maximum absolute atomic E-state index is 13.1. The minimum atomic E-state index is -0.261. The minimum Gasteiger partial charge on any atom is -0.278 e. The van der Waals surface area contributed by atoms with Crippen molar-refractivity contribution < 1.29 is 0 Å². The highest BCUT2D eigenvalue weighted by atomic mass is 16.1. The third-order valence-electron chi connectivity index (χ3n) is 7.40. The van der Waals surface area contributed by atoms with Crippen LogP contribution in [-0.4, -0.2) is 28.9 Å². The van der Waals surface area contributed by atoms with Crippen molar-refractivity contribution in [1.29, 1.82) is 0 Å². The van der Waals surface area contributed by atoms with Crippen molar-refractivity contribution in [2.24, 2.45) is 0 Å². The molecule has 5 aromatic carbocycles. The summed E-state index contributed by atoms with van der Waals surface area (Å²) < 4.78 is 4.06. The molecule has 0 bridgehead atoms. The summed E-state index contributed by atoms with van der Waals surface area (Å²) in [4.78, 5) is 32.3. The summed E-state index contributed by atoms with van der Waals surface area (Å²) in [6.07, 6.45) is 0. The van der Waals surface area contributed by atoms with Crippen molar-refractivity contribution in [2.45, 2.75) is 0 Å². The van der Waals surface area contributed by atoms with Crippen molar-refractivity contribution in [1.82, 2.24) is 28.9 Å². The molecule has 198 valence electrons. The number of imidazole rings is 1. The first-order chi connectivity index (χ1) is 20.7. The molecule has 0 saturated heterocycles. The van der Waals surface area contributed by atoms with E-state index in [9.17, 15) is 4.79 Å². The lowest BCUT2D eigenvalue weighted by atomic mass is 10.1. The molecule has 3 heterocycles. The fourth-order valence-corrected chi connectivity index (χ4v) is 5.47. The molecule has 0 aliphatic carbocycles. The molecular formula is C35H22N6O. The largest absolute Gasteiger partial charge is 0.282 e. The summed E-state index contributed by atoms with van der Waals surface area (Å²) in [5, 5.41) is 0.582. The van der Waals surface area contributed by atoms with E-state index in [-0.39, 0.29) is 5.56 Å². The van der Waals surface area contributed by atoms with Gasteiger partial charge in [-0.2, -0.15) is 4.98 Å². The van der Waals surface area contributed by atoms with Crippen LogP contribution in [0.25, 0.3) is 67.6 Å². The summed E-state index contributed by atoms with van der Waals surface area (Å²) in [7, 11) is 0. The first-order valence-corrected chi connectivity index (χ1v) is 13.6. The number of rotatable bonds is 4. The Labute approximate surface area is 240 Å². The van der Waals surface area contributed by atoms with Crippen LogP contribution in [0, 0.1) is 0 Å². The van der Waals surface area contributed by atoms with Crippen LogP contribution in [0.2, 0.25) is 0 Å². The van der Waals surface area contributed by atoms with Gasteiger partial charge in [-0.3, -0.25) is 13.8 Å². The van der Waals surface area contributed by atoms with Gasteiger partial charge in [0.15, 0.2) is 17.5 Å². The van der Waals surface area contributed by atoms with Gasteiger partial charge in [0.05, 0.1) is 21.9 Å². The number of benzene rings is 5. The van der Waals surface area contributed by atoms with Gasteiger partial charge < -0.3 is 0 Å². The van der Waals surface area contributed by atoms with Crippen LogP contribution in [0.1, 0.15) is 0 Å². The molecule has 8 rings (SSSR count). The zero-order chi connectivity index (χ0) is 28.0. The molecule has 0 saturated carbocycles. The van der Waals surface area contributed by atoms with Gasteiger partial charge in [0.1, 0.15) is 0 Å². The molecule has 0 amide bonds. The summed E-state index contributed by atoms with van der Waals surface area (Å²) >= 11 is 0. The van der Waals surface area contributed by atoms with Crippen LogP contribution in [0.4, 0.5) is 0 Å². The minimum absolute atomic E-state index is 0.261. The number of hydrogen-bond acceptors (Lipinski definition) is 5. The maximum Gasteiger partial charge on any atom is 0.282 e. The van der Waals surface area contributed by atoms with Gasteiger partial charge in [0, 0.05) is 22.4 Å².